The van der Waals surface area contributed by atoms with Crippen LogP contribution in [0.25, 0.3) is 0 Å². The van der Waals surface area contributed by atoms with Crippen LogP contribution in [0, 0.1) is 0 Å². The van der Waals surface area contributed by atoms with Crippen LogP contribution < -0.4 is 0 Å². The fourth-order valence-corrected chi connectivity index (χ4v) is 1.25. The van der Waals surface area contributed by atoms with Gasteiger partial charge in [-0.15, -0.1) is 0 Å². The first-order valence-electron chi connectivity index (χ1n) is 3.71. The van der Waals surface area contributed by atoms with Crippen molar-refractivity contribution in [3.8, 4) is 0 Å². The molecule has 1 aromatic heterocycles. The third-order valence-electron chi connectivity index (χ3n) is 1.85. The van der Waals surface area contributed by atoms with Crippen LogP contribution in [0.4, 0.5) is 0 Å². The van der Waals surface area contributed by atoms with Crippen LogP contribution in [0.3, 0.4) is 0 Å². The first-order valence-corrected chi connectivity index (χ1v) is 3.71. The second kappa shape index (κ2) is 2.64. The molecule has 1 aliphatic rings. The normalized spacial score (nSPS) is 26.1. The van der Waals surface area contributed by atoms with Gasteiger partial charge in [0.1, 0.15) is 0 Å². The van der Waals surface area contributed by atoms with Gasteiger partial charge in [0.05, 0.1) is 6.33 Å². The molecule has 0 bridgehead atoms. The zero-order valence-corrected chi connectivity index (χ0v) is 6.47. The number of hydrogen-bond acceptors (Lipinski definition) is 3. The Morgan fingerprint density at radius 2 is 2.55 bits per heavy atom. The minimum atomic E-state index is 0.155. The maximum absolute atomic E-state index is 5.46. The van der Waals surface area contributed by atoms with Crippen molar-refractivity contribution in [1.82, 2.24) is 14.6 Å². The van der Waals surface area contributed by atoms with E-state index in [1.807, 2.05) is 22.9 Å². The highest BCUT2D eigenvalue weighted by Gasteiger charge is 2.20. The second-order valence-corrected chi connectivity index (χ2v) is 2.71. The maximum Gasteiger partial charge on any atom is 0.156 e. The van der Waals surface area contributed by atoms with Crippen LogP contribution in [0.1, 0.15) is 12.6 Å². The molecular weight excluding hydrogens is 142 g/mol. The van der Waals surface area contributed by atoms with E-state index in [1.165, 1.54) is 0 Å². The van der Waals surface area contributed by atoms with Crippen molar-refractivity contribution in [3.05, 3.63) is 18.7 Å². The number of aromatic nitrogens is 2. The van der Waals surface area contributed by atoms with Gasteiger partial charge in [-0.05, 0) is 0 Å². The van der Waals surface area contributed by atoms with Gasteiger partial charge in [0.25, 0.3) is 0 Å². The lowest BCUT2D eigenvalue weighted by molar-refractivity contribution is -0.151. The molecule has 1 fully saturated rings. The maximum atomic E-state index is 5.46. The number of hydrogen-bond donors (Lipinski definition) is 0. The molecule has 1 atom stereocenters. The molecule has 11 heavy (non-hydrogen) atoms. The van der Waals surface area contributed by atoms with Crippen LogP contribution in [0.15, 0.2) is 18.7 Å². The zero-order valence-electron chi connectivity index (χ0n) is 6.47. The average molecular weight is 153 g/mol. The van der Waals surface area contributed by atoms with E-state index in [-0.39, 0.29) is 6.23 Å². The molecule has 1 aromatic rings. The highest BCUT2D eigenvalue weighted by Crippen LogP contribution is 2.20. The molecule has 1 aliphatic heterocycles. The van der Waals surface area contributed by atoms with E-state index in [2.05, 4.69) is 4.98 Å². The fraction of sp³-hybridized carbons (Fsp3) is 0.571. The molecule has 4 heteroatoms. The lowest BCUT2D eigenvalue weighted by Crippen LogP contribution is -2.12. The van der Waals surface area contributed by atoms with Gasteiger partial charge in [-0.2, -0.15) is 5.06 Å². The molecule has 4 nitrogen and oxygen atoms in total. The van der Waals surface area contributed by atoms with E-state index in [1.54, 1.807) is 12.5 Å². The van der Waals surface area contributed by atoms with Crippen LogP contribution in [-0.4, -0.2) is 28.2 Å². The van der Waals surface area contributed by atoms with Gasteiger partial charge in [-0.25, -0.2) is 4.98 Å². The van der Waals surface area contributed by atoms with Crippen molar-refractivity contribution in [3.63, 3.8) is 0 Å². The lowest BCUT2D eigenvalue weighted by Gasteiger charge is -2.11. The Morgan fingerprint density at radius 3 is 3.09 bits per heavy atom. The third-order valence-corrected chi connectivity index (χ3v) is 1.85. The van der Waals surface area contributed by atoms with E-state index in [0.717, 1.165) is 13.0 Å². The van der Waals surface area contributed by atoms with Crippen LogP contribution in [-0.2, 0) is 4.84 Å². The number of rotatable bonds is 1. The van der Waals surface area contributed by atoms with Crippen LogP contribution in [0.5, 0.6) is 0 Å². The highest BCUT2D eigenvalue weighted by molar-refractivity contribution is 4.78. The van der Waals surface area contributed by atoms with Crippen LogP contribution >= 0.6 is 0 Å². The van der Waals surface area contributed by atoms with Crippen molar-refractivity contribution >= 4 is 0 Å². The predicted octanol–water partition coefficient (Wildman–Crippen LogP) is 0.649. The molecule has 2 rings (SSSR count). The molecule has 0 saturated carbocycles. The summed E-state index contributed by atoms with van der Waals surface area (Å²) in [5.74, 6) is 0. The second-order valence-electron chi connectivity index (χ2n) is 2.71. The molecule has 0 aliphatic carbocycles. The van der Waals surface area contributed by atoms with Crippen molar-refractivity contribution in [1.29, 1.82) is 0 Å². The van der Waals surface area contributed by atoms with E-state index in [4.69, 9.17) is 4.84 Å². The van der Waals surface area contributed by atoms with E-state index < -0.39 is 0 Å². The summed E-state index contributed by atoms with van der Waals surface area (Å²) >= 11 is 0. The SMILES string of the molecule is CN1CC[C@H](n2ccnc2)O1. The average Bonchev–Trinajstić information content (AvgIpc) is 2.55. The quantitative estimate of drug-likeness (QED) is 0.593. The molecule has 0 N–H and O–H groups in total. The van der Waals surface area contributed by atoms with Gasteiger partial charge in [-0.3, -0.25) is 4.84 Å². The lowest BCUT2D eigenvalue weighted by atomic mass is 10.4. The third kappa shape index (κ3) is 1.27. The van der Waals surface area contributed by atoms with Gasteiger partial charge < -0.3 is 4.57 Å². The van der Waals surface area contributed by atoms with Gasteiger partial charge in [0.2, 0.25) is 0 Å². The van der Waals surface area contributed by atoms with E-state index >= 15 is 0 Å². The Kier molecular flexibility index (Phi) is 1.63. The Bertz CT molecular complexity index is 222. The molecule has 0 unspecified atom stereocenters. The molecule has 60 valence electrons. The highest BCUT2D eigenvalue weighted by atomic mass is 16.7. The molecule has 0 spiro atoms. The summed E-state index contributed by atoms with van der Waals surface area (Å²) in [6.07, 6.45) is 6.66. The summed E-state index contributed by atoms with van der Waals surface area (Å²) in [6.45, 7) is 0.989. The van der Waals surface area contributed by atoms with Gasteiger partial charge >= 0.3 is 0 Å². The summed E-state index contributed by atoms with van der Waals surface area (Å²) in [5.41, 5.74) is 0. The summed E-state index contributed by atoms with van der Waals surface area (Å²) in [5, 5.41) is 1.85. The first-order chi connectivity index (χ1) is 5.36. The largest absolute Gasteiger partial charge is 0.309 e. The van der Waals surface area contributed by atoms with Crippen molar-refractivity contribution in [2.24, 2.45) is 0 Å². The summed E-state index contributed by atoms with van der Waals surface area (Å²) < 4.78 is 1.98. The van der Waals surface area contributed by atoms with Crippen molar-refractivity contribution < 1.29 is 4.84 Å². The Balaban J connectivity index is 2.08. The Morgan fingerprint density at radius 1 is 1.64 bits per heavy atom. The van der Waals surface area contributed by atoms with Crippen molar-refractivity contribution in [2.45, 2.75) is 12.6 Å². The molecule has 0 amide bonds. The minimum Gasteiger partial charge on any atom is -0.309 e. The summed E-state index contributed by atoms with van der Waals surface area (Å²) in [7, 11) is 1.94. The van der Waals surface area contributed by atoms with Crippen molar-refractivity contribution in [2.75, 3.05) is 13.6 Å². The molecule has 0 radical (unpaired) electrons. The number of nitrogens with zero attached hydrogens (tertiary/aromatic N) is 3. The monoisotopic (exact) mass is 153 g/mol. The zero-order chi connectivity index (χ0) is 7.68. The Hall–Kier alpha value is -0.870. The predicted molar refractivity (Wildman–Crippen MR) is 39.6 cm³/mol. The minimum absolute atomic E-state index is 0.155. The number of hydroxylamine groups is 2. The van der Waals surface area contributed by atoms with E-state index in [0.29, 0.717) is 0 Å². The topological polar surface area (TPSA) is 30.3 Å². The first kappa shape index (κ1) is 6.82. The smallest absolute Gasteiger partial charge is 0.156 e. The molecule has 1 saturated heterocycles. The molecule has 2 heterocycles. The van der Waals surface area contributed by atoms with Gasteiger partial charge in [0, 0.05) is 32.4 Å². The summed E-state index contributed by atoms with van der Waals surface area (Å²) in [4.78, 5) is 9.42. The van der Waals surface area contributed by atoms with Gasteiger partial charge in [0.15, 0.2) is 6.23 Å². The summed E-state index contributed by atoms with van der Waals surface area (Å²) in [6, 6.07) is 0. The Labute approximate surface area is 65.4 Å². The fourth-order valence-electron chi connectivity index (χ4n) is 1.25. The standard InChI is InChI=1S/C7H11N3O/c1-9-4-2-7(11-9)10-5-3-8-6-10/h3,5-7H,2,4H2,1H3/t7-/m1/s1. The van der Waals surface area contributed by atoms with Gasteiger partial charge in [-0.1, -0.05) is 0 Å². The van der Waals surface area contributed by atoms with Crippen LogP contribution in [0.2, 0.25) is 0 Å². The number of imidazole rings is 1. The molecular formula is C7H11N3O. The molecule has 0 aromatic carbocycles. The van der Waals surface area contributed by atoms with E-state index in [9.17, 15) is 0 Å².